The van der Waals surface area contributed by atoms with E-state index in [1.54, 1.807) is 0 Å². The number of benzene rings is 1. The molecule has 6 nitrogen and oxygen atoms in total. The van der Waals surface area contributed by atoms with Gasteiger partial charge in [0.2, 0.25) is 15.9 Å². The molecule has 1 amide bonds. The van der Waals surface area contributed by atoms with E-state index in [0.29, 0.717) is 16.6 Å². The van der Waals surface area contributed by atoms with Crippen molar-refractivity contribution in [2.75, 3.05) is 11.9 Å². The Morgan fingerprint density at radius 3 is 2.62 bits per heavy atom. The Balaban J connectivity index is 2.84. The van der Waals surface area contributed by atoms with Crippen LogP contribution in [0, 0.1) is 0 Å². The first-order chi connectivity index (χ1) is 9.76. The summed E-state index contributed by atoms with van der Waals surface area (Å²) in [4.78, 5) is 11.1. The van der Waals surface area contributed by atoms with Crippen LogP contribution in [0.2, 0.25) is 0 Å². The molecular weight excluding hydrogens is 360 g/mol. The van der Waals surface area contributed by atoms with Crippen LogP contribution < -0.4 is 10.0 Å². The van der Waals surface area contributed by atoms with Gasteiger partial charge in [0.15, 0.2) is 0 Å². The van der Waals surface area contributed by atoms with Gasteiger partial charge in [0.05, 0.1) is 16.7 Å². The summed E-state index contributed by atoms with van der Waals surface area (Å²) in [6.07, 6.45) is 0.611. The zero-order chi connectivity index (χ0) is 16.0. The Morgan fingerprint density at radius 1 is 1.43 bits per heavy atom. The molecule has 1 aromatic carbocycles. The number of nitrogens with one attached hydrogen (secondary N) is 2. The maximum absolute atomic E-state index is 12.1. The molecule has 0 aliphatic carbocycles. The number of hydrogen-bond acceptors (Lipinski definition) is 4. The van der Waals surface area contributed by atoms with Crippen LogP contribution in [0.1, 0.15) is 26.7 Å². The van der Waals surface area contributed by atoms with Gasteiger partial charge in [0.1, 0.15) is 0 Å². The van der Waals surface area contributed by atoms with E-state index in [0.717, 1.165) is 6.42 Å². The molecule has 0 radical (unpaired) electrons. The van der Waals surface area contributed by atoms with Crippen molar-refractivity contribution in [2.45, 2.75) is 37.7 Å². The Bertz CT molecular complexity index is 604. The third kappa shape index (κ3) is 5.74. The van der Waals surface area contributed by atoms with E-state index in [1.165, 1.54) is 25.1 Å². The number of rotatable bonds is 7. The van der Waals surface area contributed by atoms with Crippen molar-refractivity contribution in [1.82, 2.24) is 4.72 Å². The average molecular weight is 379 g/mol. The first-order valence-corrected chi connectivity index (χ1v) is 8.78. The quantitative estimate of drug-likeness (QED) is 0.674. The van der Waals surface area contributed by atoms with Crippen LogP contribution in [0.25, 0.3) is 0 Å². The Hall–Kier alpha value is -0.960. The summed E-state index contributed by atoms with van der Waals surface area (Å²) in [6.45, 7) is 3.25. The predicted octanol–water partition coefficient (Wildman–Crippen LogP) is 1.85. The van der Waals surface area contributed by atoms with Crippen molar-refractivity contribution in [2.24, 2.45) is 0 Å². The second-order valence-corrected chi connectivity index (χ2v) is 7.24. The summed E-state index contributed by atoms with van der Waals surface area (Å²) in [5, 5.41) is 12.2. The van der Waals surface area contributed by atoms with Crippen molar-refractivity contribution in [3.8, 4) is 0 Å². The number of aliphatic hydroxyl groups is 1. The topological polar surface area (TPSA) is 95.5 Å². The number of anilines is 1. The molecular formula is C13H19BrN2O4S. The first kappa shape index (κ1) is 18.1. The molecule has 21 heavy (non-hydrogen) atoms. The number of halogens is 1. The minimum absolute atomic E-state index is 0.0265. The van der Waals surface area contributed by atoms with Crippen LogP contribution in [0.15, 0.2) is 27.6 Å². The van der Waals surface area contributed by atoms with Gasteiger partial charge in [-0.05, 0) is 40.5 Å². The predicted molar refractivity (Wildman–Crippen MR) is 84.5 cm³/mol. The minimum atomic E-state index is -3.69. The summed E-state index contributed by atoms with van der Waals surface area (Å²) < 4.78 is 27.0. The molecule has 0 spiro atoms. The van der Waals surface area contributed by atoms with E-state index in [4.69, 9.17) is 0 Å². The monoisotopic (exact) mass is 378 g/mol. The number of carbonyl (C=O) groups excluding carboxylic acids is 1. The van der Waals surface area contributed by atoms with Crippen molar-refractivity contribution in [3.05, 3.63) is 22.7 Å². The van der Waals surface area contributed by atoms with Gasteiger partial charge in [-0.25, -0.2) is 13.1 Å². The van der Waals surface area contributed by atoms with Gasteiger partial charge in [-0.1, -0.05) is 13.3 Å². The summed E-state index contributed by atoms with van der Waals surface area (Å²) >= 11 is 3.22. The number of sulfonamides is 1. The van der Waals surface area contributed by atoms with E-state index >= 15 is 0 Å². The highest BCUT2D eigenvalue weighted by atomic mass is 79.9. The fraction of sp³-hybridized carbons (Fsp3) is 0.462. The third-order valence-electron chi connectivity index (χ3n) is 2.69. The lowest BCUT2D eigenvalue weighted by Gasteiger charge is -2.12. The third-order valence-corrected chi connectivity index (χ3v) is 4.77. The highest BCUT2D eigenvalue weighted by Crippen LogP contribution is 2.25. The average Bonchev–Trinajstić information content (AvgIpc) is 2.39. The van der Waals surface area contributed by atoms with Crippen LogP contribution in [0.5, 0.6) is 0 Å². The largest absolute Gasteiger partial charge is 0.392 e. The molecule has 0 aliphatic heterocycles. The van der Waals surface area contributed by atoms with Crippen LogP contribution >= 0.6 is 15.9 Å². The molecule has 0 aliphatic rings. The minimum Gasteiger partial charge on any atom is -0.392 e. The van der Waals surface area contributed by atoms with Gasteiger partial charge in [-0.3, -0.25) is 4.79 Å². The summed E-state index contributed by atoms with van der Waals surface area (Å²) in [5.41, 5.74) is 0.493. The summed E-state index contributed by atoms with van der Waals surface area (Å²) in [7, 11) is -3.69. The van der Waals surface area contributed by atoms with Gasteiger partial charge >= 0.3 is 0 Å². The zero-order valence-corrected chi connectivity index (χ0v) is 14.3. The van der Waals surface area contributed by atoms with Gasteiger partial charge in [0, 0.05) is 17.9 Å². The van der Waals surface area contributed by atoms with E-state index in [2.05, 4.69) is 26.0 Å². The zero-order valence-electron chi connectivity index (χ0n) is 11.9. The van der Waals surface area contributed by atoms with Crippen LogP contribution in [0.3, 0.4) is 0 Å². The molecule has 1 aromatic rings. The normalized spacial score (nSPS) is 13.0. The lowest BCUT2D eigenvalue weighted by Crippen LogP contribution is -2.32. The van der Waals surface area contributed by atoms with Gasteiger partial charge in [-0.15, -0.1) is 0 Å². The van der Waals surface area contributed by atoms with Crippen molar-refractivity contribution < 1.29 is 18.3 Å². The number of carbonyl (C=O) groups is 1. The second-order valence-electron chi connectivity index (χ2n) is 4.62. The van der Waals surface area contributed by atoms with E-state index < -0.39 is 16.1 Å². The van der Waals surface area contributed by atoms with Crippen LogP contribution in [0.4, 0.5) is 5.69 Å². The SMILES string of the molecule is CCC[C@H](O)CNS(=O)(=O)c1ccc(NC(C)=O)c(Br)c1. The molecule has 0 unspecified atom stereocenters. The molecule has 3 N–H and O–H groups in total. The summed E-state index contributed by atoms with van der Waals surface area (Å²) in [5.74, 6) is -0.243. The van der Waals surface area contributed by atoms with Crippen molar-refractivity contribution in [3.63, 3.8) is 0 Å². The number of aliphatic hydroxyl groups excluding tert-OH is 1. The summed E-state index contributed by atoms with van der Waals surface area (Å²) in [6, 6.07) is 4.30. The molecule has 1 rings (SSSR count). The molecule has 0 saturated carbocycles. The molecule has 0 bridgehead atoms. The molecule has 1 atom stereocenters. The van der Waals surface area contributed by atoms with Crippen LogP contribution in [-0.4, -0.2) is 32.1 Å². The Kier molecular flexibility index (Phi) is 6.79. The number of amides is 1. The molecule has 0 aromatic heterocycles. The molecule has 0 saturated heterocycles. The lowest BCUT2D eigenvalue weighted by molar-refractivity contribution is -0.114. The fourth-order valence-electron chi connectivity index (χ4n) is 1.68. The molecule has 0 fully saturated rings. The Labute approximate surface area is 133 Å². The van der Waals surface area contributed by atoms with Gasteiger partial charge < -0.3 is 10.4 Å². The van der Waals surface area contributed by atoms with Gasteiger partial charge in [0.25, 0.3) is 0 Å². The van der Waals surface area contributed by atoms with Crippen molar-refractivity contribution >= 4 is 37.5 Å². The first-order valence-electron chi connectivity index (χ1n) is 6.51. The molecule has 8 heteroatoms. The smallest absolute Gasteiger partial charge is 0.240 e. The van der Waals surface area contributed by atoms with Crippen LogP contribution in [-0.2, 0) is 14.8 Å². The van der Waals surface area contributed by atoms with E-state index in [1.807, 2.05) is 6.92 Å². The molecule has 118 valence electrons. The molecule has 0 heterocycles. The maximum Gasteiger partial charge on any atom is 0.240 e. The highest BCUT2D eigenvalue weighted by Gasteiger charge is 2.17. The Morgan fingerprint density at radius 2 is 2.10 bits per heavy atom. The van der Waals surface area contributed by atoms with Gasteiger partial charge in [-0.2, -0.15) is 0 Å². The lowest BCUT2D eigenvalue weighted by atomic mass is 10.2. The van der Waals surface area contributed by atoms with E-state index in [9.17, 15) is 18.3 Å². The van der Waals surface area contributed by atoms with Crippen molar-refractivity contribution in [1.29, 1.82) is 0 Å². The number of hydrogen-bond donors (Lipinski definition) is 3. The fourth-order valence-corrected chi connectivity index (χ4v) is 3.41. The van der Waals surface area contributed by atoms with E-state index in [-0.39, 0.29) is 17.3 Å². The maximum atomic E-state index is 12.1. The standard InChI is InChI=1S/C13H19BrN2O4S/c1-3-4-10(18)8-15-21(19,20)11-5-6-13(12(14)7-11)16-9(2)17/h5-7,10,15,18H,3-4,8H2,1-2H3,(H,16,17)/t10-/m0/s1. The second kappa shape index (κ2) is 7.88. The highest BCUT2D eigenvalue weighted by molar-refractivity contribution is 9.10.